The summed E-state index contributed by atoms with van der Waals surface area (Å²) in [6.45, 7) is 0.896. The first-order chi connectivity index (χ1) is 9.27. The Hall–Kier alpha value is -2.10. The number of aromatic nitrogens is 1. The lowest BCUT2D eigenvalue weighted by Crippen LogP contribution is -2.23. The number of anilines is 2. The van der Waals surface area contributed by atoms with E-state index in [0.29, 0.717) is 0 Å². The highest BCUT2D eigenvalue weighted by Crippen LogP contribution is 2.38. The molecule has 1 unspecified atom stereocenters. The molecule has 0 radical (unpaired) electrons. The fourth-order valence-corrected chi connectivity index (χ4v) is 2.75. The summed E-state index contributed by atoms with van der Waals surface area (Å²) in [5.41, 5.74) is 8.04. The van der Waals surface area contributed by atoms with Gasteiger partial charge in [0.1, 0.15) is 5.82 Å². The van der Waals surface area contributed by atoms with Crippen LogP contribution in [0.3, 0.4) is 0 Å². The second-order valence-electron chi connectivity index (χ2n) is 4.81. The number of hydrogen-bond acceptors (Lipinski definition) is 3. The zero-order chi connectivity index (χ0) is 13.2. The first kappa shape index (κ1) is 12.0. The zero-order valence-corrected chi connectivity index (χ0v) is 10.6. The van der Waals surface area contributed by atoms with Crippen LogP contribution >= 0.6 is 0 Å². The monoisotopic (exact) mass is 257 g/mol. The van der Waals surface area contributed by atoms with Crippen molar-refractivity contribution in [2.24, 2.45) is 0 Å². The highest BCUT2D eigenvalue weighted by atomic mass is 19.1. The molecule has 2 aromatic rings. The van der Waals surface area contributed by atoms with E-state index >= 15 is 0 Å². The Bertz CT molecular complexity index is 571. The standard InChI is InChI=1S/C15H16FN3/c16-12-5-1-6-14(15(12)17)19-9-3-7-13(19)11-4-2-8-18-10-11/h1-2,4-6,8,10,13H,3,7,9,17H2. The van der Waals surface area contributed by atoms with Crippen LogP contribution in [0, 0.1) is 5.82 Å². The van der Waals surface area contributed by atoms with Gasteiger partial charge in [-0.15, -0.1) is 0 Å². The Kier molecular flexibility index (Phi) is 3.07. The third-order valence-corrected chi connectivity index (χ3v) is 3.66. The van der Waals surface area contributed by atoms with Crippen molar-refractivity contribution in [1.82, 2.24) is 4.98 Å². The number of halogens is 1. The van der Waals surface area contributed by atoms with E-state index in [-0.39, 0.29) is 17.5 Å². The lowest BCUT2D eigenvalue weighted by Gasteiger charge is -2.28. The molecule has 3 rings (SSSR count). The van der Waals surface area contributed by atoms with Crippen LogP contribution < -0.4 is 10.6 Å². The van der Waals surface area contributed by atoms with Crippen LogP contribution in [0.25, 0.3) is 0 Å². The third kappa shape index (κ3) is 2.14. The van der Waals surface area contributed by atoms with Gasteiger partial charge in [-0.25, -0.2) is 4.39 Å². The molecular weight excluding hydrogens is 241 g/mol. The lowest BCUT2D eigenvalue weighted by atomic mass is 10.1. The van der Waals surface area contributed by atoms with E-state index in [2.05, 4.69) is 16.0 Å². The summed E-state index contributed by atoms with van der Waals surface area (Å²) >= 11 is 0. The van der Waals surface area contributed by atoms with Gasteiger partial charge in [0.25, 0.3) is 0 Å². The largest absolute Gasteiger partial charge is 0.395 e. The fourth-order valence-electron chi connectivity index (χ4n) is 2.75. The SMILES string of the molecule is Nc1c(F)cccc1N1CCCC1c1cccnc1. The number of hydrogen-bond donors (Lipinski definition) is 1. The molecule has 1 fully saturated rings. The molecule has 1 aromatic carbocycles. The summed E-state index contributed by atoms with van der Waals surface area (Å²) in [6, 6.07) is 9.21. The molecule has 1 aromatic heterocycles. The zero-order valence-electron chi connectivity index (χ0n) is 10.6. The maximum atomic E-state index is 13.6. The molecule has 1 atom stereocenters. The number of benzene rings is 1. The normalized spacial score (nSPS) is 18.8. The van der Waals surface area contributed by atoms with E-state index in [1.165, 1.54) is 6.07 Å². The predicted octanol–water partition coefficient (Wildman–Crippen LogP) is 3.14. The second kappa shape index (κ2) is 4.88. The molecule has 0 amide bonds. The molecule has 1 aliphatic heterocycles. The van der Waals surface area contributed by atoms with E-state index in [1.807, 2.05) is 18.3 Å². The Morgan fingerprint density at radius 3 is 2.95 bits per heavy atom. The second-order valence-corrected chi connectivity index (χ2v) is 4.81. The molecule has 0 saturated carbocycles. The van der Waals surface area contributed by atoms with Gasteiger partial charge in [-0.1, -0.05) is 12.1 Å². The molecule has 1 saturated heterocycles. The average Bonchev–Trinajstić information content (AvgIpc) is 2.92. The fraction of sp³-hybridized carbons (Fsp3) is 0.267. The third-order valence-electron chi connectivity index (χ3n) is 3.66. The van der Waals surface area contributed by atoms with E-state index in [0.717, 1.165) is 30.6 Å². The molecular formula is C15H16FN3. The Morgan fingerprint density at radius 1 is 1.26 bits per heavy atom. The molecule has 1 aliphatic rings. The van der Waals surface area contributed by atoms with Crippen molar-refractivity contribution < 1.29 is 4.39 Å². The van der Waals surface area contributed by atoms with Gasteiger partial charge in [0.05, 0.1) is 17.4 Å². The van der Waals surface area contributed by atoms with Gasteiger partial charge < -0.3 is 10.6 Å². The van der Waals surface area contributed by atoms with Gasteiger partial charge in [-0.2, -0.15) is 0 Å². The molecule has 19 heavy (non-hydrogen) atoms. The van der Waals surface area contributed by atoms with E-state index in [1.54, 1.807) is 12.3 Å². The lowest BCUT2D eigenvalue weighted by molar-refractivity contribution is 0.630. The Labute approximate surface area is 111 Å². The van der Waals surface area contributed by atoms with Crippen molar-refractivity contribution in [2.75, 3.05) is 17.2 Å². The van der Waals surface area contributed by atoms with Crippen LogP contribution in [0.5, 0.6) is 0 Å². The van der Waals surface area contributed by atoms with Crippen LogP contribution in [0.15, 0.2) is 42.7 Å². The molecule has 4 heteroatoms. The molecule has 3 nitrogen and oxygen atoms in total. The summed E-state index contributed by atoms with van der Waals surface area (Å²) in [6.07, 6.45) is 5.76. The minimum Gasteiger partial charge on any atom is -0.395 e. The van der Waals surface area contributed by atoms with Crippen molar-refractivity contribution >= 4 is 11.4 Å². The quantitative estimate of drug-likeness (QED) is 0.840. The van der Waals surface area contributed by atoms with E-state index in [9.17, 15) is 4.39 Å². The summed E-state index contributed by atoms with van der Waals surface area (Å²) in [5.74, 6) is -0.352. The number of nitrogen functional groups attached to an aromatic ring is 1. The first-order valence-electron chi connectivity index (χ1n) is 6.48. The molecule has 0 aliphatic carbocycles. The van der Waals surface area contributed by atoms with Gasteiger partial charge >= 0.3 is 0 Å². The van der Waals surface area contributed by atoms with Crippen LogP contribution in [-0.2, 0) is 0 Å². The highest BCUT2D eigenvalue weighted by Gasteiger charge is 2.28. The molecule has 2 N–H and O–H groups in total. The topological polar surface area (TPSA) is 42.1 Å². The van der Waals surface area contributed by atoms with Crippen molar-refractivity contribution in [3.8, 4) is 0 Å². The average molecular weight is 257 g/mol. The van der Waals surface area contributed by atoms with Crippen molar-refractivity contribution in [2.45, 2.75) is 18.9 Å². The molecule has 0 spiro atoms. The number of nitrogens with two attached hydrogens (primary N) is 1. The van der Waals surface area contributed by atoms with Crippen LogP contribution in [0.4, 0.5) is 15.8 Å². The van der Waals surface area contributed by atoms with Gasteiger partial charge in [-0.05, 0) is 36.6 Å². The predicted molar refractivity (Wildman–Crippen MR) is 74.4 cm³/mol. The van der Waals surface area contributed by atoms with Crippen LogP contribution in [0.2, 0.25) is 0 Å². The van der Waals surface area contributed by atoms with Gasteiger partial charge in [0, 0.05) is 18.9 Å². The van der Waals surface area contributed by atoms with Gasteiger partial charge in [0.15, 0.2) is 0 Å². The number of nitrogens with zero attached hydrogens (tertiary/aromatic N) is 2. The first-order valence-corrected chi connectivity index (χ1v) is 6.48. The van der Waals surface area contributed by atoms with Crippen molar-refractivity contribution in [3.63, 3.8) is 0 Å². The minimum absolute atomic E-state index is 0.234. The minimum atomic E-state index is -0.352. The molecule has 0 bridgehead atoms. The number of pyridine rings is 1. The number of rotatable bonds is 2. The van der Waals surface area contributed by atoms with E-state index in [4.69, 9.17) is 5.73 Å². The van der Waals surface area contributed by atoms with Gasteiger partial charge in [0.2, 0.25) is 0 Å². The highest BCUT2D eigenvalue weighted by molar-refractivity contribution is 5.69. The Morgan fingerprint density at radius 2 is 2.16 bits per heavy atom. The molecule has 2 heterocycles. The van der Waals surface area contributed by atoms with E-state index < -0.39 is 0 Å². The number of para-hydroxylation sites is 1. The maximum Gasteiger partial charge on any atom is 0.148 e. The van der Waals surface area contributed by atoms with Crippen molar-refractivity contribution in [3.05, 3.63) is 54.1 Å². The Balaban J connectivity index is 1.98. The molecule has 98 valence electrons. The smallest absolute Gasteiger partial charge is 0.148 e. The van der Waals surface area contributed by atoms with Crippen LogP contribution in [0.1, 0.15) is 24.4 Å². The van der Waals surface area contributed by atoms with Gasteiger partial charge in [-0.3, -0.25) is 4.98 Å². The summed E-state index contributed by atoms with van der Waals surface area (Å²) in [5, 5.41) is 0. The summed E-state index contributed by atoms with van der Waals surface area (Å²) in [4.78, 5) is 6.34. The summed E-state index contributed by atoms with van der Waals surface area (Å²) in [7, 11) is 0. The van der Waals surface area contributed by atoms with Crippen LogP contribution in [-0.4, -0.2) is 11.5 Å². The van der Waals surface area contributed by atoms with Crippen molar-refractivity contribution in [1.29, 1.82) is 0 Å². The summed E-state index contributed by atoms with van der Waals surface area (Å²) < 4.78 is 13.6. The maximum absolute atomic E-state index is 13.6.